The summed E-state index contributed by atoms with van der Waals surface area (Å²) < 4.78 is 0.684. The molecule has 1 heterocycles. The standard InChI is InChI=1S/C10H13N3O5/c1-5-4-13(10(18)12-8(5)16)9(17)6(11)2-3-7(14)15/h4,6H,2-3,11H2,1H3,(H,14,15)(H,12,16,18). The minimum Gasteiger partial charge on any atom is -0.481 e. The van der Waals surface area contributed by atoms with Crippen LogP contribution < -0.4 is 17.0 Å². The van der Waals surface area contributed by atoms with Crippen LogP contribution >= 0.6 is 0 Å². The number of carboxylic acids is 1. The van der Waals surface area contributed by atoms with Gasteiger partial charge in [-0.3, -0.25) is 19.4 Å². The molecule has 0 saturated heterocycles. The highest BCUT2D eigenvalue weighted by Crippen LogP contribution is 1.97. The van der Waals surface area contributed by atoms with Gasteiger partial charge in [-0.05, 0) is 13.3 Å². The number of hydrogen-bond donors (Lipinski definition) is 3. The molecular formula is C10H13N3O5. The fourth-order valence-electron chi connectivity index (χ4n) is 1.31. The quantitative estimate of drug-likeness (QED) is 0.610. The molecule has 1 atom stereocenters. The van der Waals surface area contributed by atoms with Crippen LogP contribution in [0.25, 0.3) is 0 Å². The number of nitrogens with one attached hydrogen (secondary N) is 1. The van der Waals surface area contributed by atoms with Crippen molar-refractivity contribution in [2.24, 2.45) is 5.73 Å². The van der Waals surface area contributed by atoms with Gasteiger partial charge in [0.05, 0.1) is 6.04 Å². The molecule has 98 valence electrons. The van der Waals surface area contributed by atoms with Crippen LogP contribution in [0.15, 0.2) is 15.8 Å². The zero-order valence-corrected chi connectivity index (χ0v) is 9.67. The number of carbonyl (C=O) groups is 2. The van der Waals surface area contributed by atoms with Crippen LogP contribution in [0.1, 0.15) is 23.2 Å². The van der Waals surface area contributed by atoms with Crippen molar-refractivity contribution in [2.45, 2.75) is 25.8 Å². The first-order chi connectivity index (χ1) is 8.32. The largest absolute Gasteiger partial charge is 0.481 e. The summed E-state index contributed by atoms with van der Waals surface area (Å²) in [4.78, 5) is 46.6. The number of nitrogens with zero attached hydrogens (tertiary/aromatic N) is 1. The second-order valence-corrected chi connectivity index (χ2v) is 3.82. The summed E-state index contributed by atoms with van der Waals surface area (Å²) in [6.45, 7) is 1.44. The minimum atomic E-state index is -1.11. The lowest BCUT2D eigenvalue weighted by Gasteiger charge is -2.10. The van der Waals surface area contributed by atoms with Gasteiger partial charge in [0.15, 0.2) is 0 Å². The molecule has 0 fully saturated rings. The van der Waals surface area contributed by atoms with E-state index in [1.807, 2.05) is 4.98 Å². The van der Waals surface area contributed by atoms with E-state index in [0.717, 1.165) is 6.20 Å². The summed E-state index contributed by atoms with van der Waals surface area (Å²) in [5, 5.41) is 8.47. The number of carboxylic acid groups (broad SMARTS) is 1. The summed E-state index contributed by atoms with van der Waals surface area (Å²) >= 11 is 0. The molecular weight excluding hydrogens is 242 g/mol. The molecule has 8 heteroatoms. The van der Waals surface area contributed by atoms with Crippen LogP contribution in [-0.4, -0.2) is 32.6 Å². The lowest BCUT2D eigenvalue weighted by Crippen LogP contribution is -2.43. The Kier molecular flexibility index (Phi) is 4.16. The van der Waals surface area contributed by atoms with E-state index in [1.54, 1.807) is 0 Å². The van der Waals surface area contributed by atoms with E-state index in [2.05, 4.69) is 0 Å². The van der Waals surface area contributed by atoms with E-state index in [0.29, 0.717) is 4.57 Å². The summed E-state index contributed by atoms with van der Waals surface area (Å²) in [6, 6.07) is -1.11. The van der Waals surface area contributed by atoms with E-state index in [1.165, 1.54) is 6.92 Å². The van der Waals surface area contributed by atoms with Gasteiger partial charge in [0, 0.05) is 18.2 Å². The van der Waals surface area contributed by atoms with Crippen molar-refractivity contribution in [1.29, 1.82) is 0 Å². The number of aromatic nitrogens is 2. The zero-order valence-electron chi connectivity index (χ0n) is 9.67. The van der Waals surface area contributed by atoms with Crippen molar-refractivity contribution in [2.75, 3.05) is 0 Å². The molecule has 0 saturated carbocycles. The predicted molar refractivity (Wildman–Crippen MR) is 61.5 cm³/mol. The number of aryl methyl sites for hydroxylation is 1. The molecule has 0 bridgehead atoms. The van der Waals surface area contributed by atoms with Gasteiger partial charge in [-0.25, -0.2) is 9.36 Å². The molecule has 0 aliphatic rings. The highest BCUT2D eigenvalue weighted by Gasteiger charge is 2.18. The molecule has 1 aromatic heterocycles. The first-order valence-electron chi connectivity index (χ1n) is 5.17. The molecule has 8 nitrogen and oxygen atoms in total. The number of aliphatic carboxylic acids is 1. The number of rotatable bonds is 4. The van der Waals surface area contributed by atoms with Gasteiger partial charge in [-0.2, -0.15) is 0 Å². The van der Waals surface area contributed by atoms with Crippen LogP contribution in [-0.2, 0) is 4.79 Å². The van der Waals surface area contributed by atoms with E-state index >= 15 is 0 Å². The lowest BCUT2D eigenvalue weighted by molar-refractivity contribution is -0.137. The zero-order chi connectivity index (χ0) is 13.9. The molecule has 0 aliphatic heterocycles. The van der Waals surface area contributed by atoms with Gasteiger partial charge in [-0.1, -0.05) is 0 Å². The normalized spacial score (nSPS) is 12.1. The van der Waals surface area contributed by atoms with Crippen molar-refractivity contribution in [3.05, 3.63) is 32.6 Å². The highest BCUT2D eigenvalue weighted by atomic mass is 16.4. The van der Waals surface area contributed by atoms with Crippen LogP contribution in [0.4, 0.5) is 0 Å². The van der Waals surface area contributed by atoms with Crippen LogP contribution in [0, 0.1) is 6.92 Å². The molecule has 18 heavy (non-hydrogen) atoms. The average molecular weight is 255 g/mol. The molecule has 0 aromatic carbocycles. The number of carbonyl (C=O) groups excluding carboxylic acids is 1. The van der Waals surface area contributed by atoms with E-state index < -0.39 is 29.2 Å². The van der Waals surface area contributed by atoms with Gasteiger partial charge < -0.3 is 10.8 Å². The number of nitrogens with two attached hydrogens (primary N) is 1. The van der Waals surface area contributed by atoms with Gasteiger partial charge in [0.2, 0.25) is 0 Å². The maximum absolute atomic E-state index is 11.8. The molecule has 1 aromatic rings. The SMILES string of the molecule is Cc1cn(C(=O)C(N)CCC(=O)O)c(=O)[nH]c1=O. The van der Waals surface area contributed by atoms with E-state index in [4.69, 9.17) is 10.8 Å². The third-order valence-electron chi connectivity index (χ3n) is 2.34. The highest BCUT2D eigenvalue weighted by molar-refractivity contribution is 5.84. The van der Waals surface area contributed by atoms with Crippen LogP contribution in [0.5, 0.6) is 0 Å². The van der Waals surface area contributed by atoms with Crippen molar-refractivity contribution in [3.63, 3.8) is 0 Å². The maximum Gasteiger partial charge on any atom is 0.335 e. The van der Waals surface area contributed by atoms with Gasteiger partial charge >= 0.3 is 11.7 Å². The topological polar surface area (TPSA) is 135 Å². The summed E-state index contributed by atoms with van der Waals surface area (Å²) in [5.41, 5.74) is 4.21. The van der Waals surface area contributed by atoms with Gasteiger partial charge in [-0.15, -0.1) is 0 Å². The van der Waals surface area contributed by atoms with Crippen molar-refractivity contribution < 1.29 is 14.7 Å². The molecule has 0 amide bonds. The summed E-state index contributed by atoms with van der Waals surface area (Å²) in [7, 11) is 0. The average Bonchev–Trinajstić information content (AvgIpc) is 2.29. The fourth-order valence-corrected chi connectivity index (χ4v) is 1.31. The Labute approximate surface area is 101 Å². The van der Waals surface area contributed by atoms with Gasteiger partial charge in [0.25, 0.3) is 11.5 Å². The fraction of sp³-hybridized carbons (Fsp3) is 0.400. The summed E-state index contributed by atoms with van der Waals surface area (Å²) in [5.74, 6) is -1.83. The Morgan fingerprint density at radius 3 is 2.67 bits per heavy atom. The van der Waals surface area contributed by atoms with Crippen LogP contribution in [0.3, 0.4) is 0 Å². The molecule has 1 unspecified atom stereocenters. The van der Waals surface area contributed by atoms with Gasteiger partial charge in [0.1, 0.15) is 0 Å². The second-order valence-electron chi connectivity index (χ2n) is 3.82. The number of aromatic amines is 1. The molecule has 4 N–H and O–H groups in total. The second kappa shape index (κ2) is 5.41. The van der Waals surface area contributed by atoms with Crippen molar-refractivity contribution in [3.8, 4) is 0 Å². The molecule has 0 radical (unpaired) electrons. The number of hydrogen-bond acceptors (Lipinski definition) is 5. The van der Waals surface area contributed by atoms with Crippen molar-refractivity contribution in [1.82, 2.24) is 9.55 Å². The molecule has 1 rings (SSSR count). The third kappa shape index (κ3) is 3.14. The predicted octanol–water partition coefficient (Wildman–Crippen LogP) is -1.32. The smallest absolute Gasteiger partial charge is 0.335 e. The Hall–Kier alpha value is -2.22. The Bertz CT molecular complexity index is 586. The Balaban J connectivity index is 2.97. The first-order valence-corrected chi connectivity index (χ1v) is 5.17. The third-order valence-corrected chi connectivity index (χ3v) is 2.34. The van der Waals surface area contributed by atoms with Crippen molar-refractivity contribution >= 4 is 11.9 Å². The first kappa shape index (κ1) is 13.8. The maximum atomic E-state index is 11.8. The Morgan fingerprint density at radius 1 is 1.50 bits per heavy atom. The minimum absolute atomic E-state index is 0.0845. The number of H-pyrrole nitrogens is 1. The summed E-state index contributed by atoms with van der Waals surface area (Å²) in [6.07, 6.45) is 0.729. The monoisotopic (exact) mass is 255 g/mol. The van der Waals surface area contributed by atoms with E-state index in [9.17, 15) is 19.2 Å². The van der Waals surface area contributed by atoms with Crippen LogP contribution in [0.2, 0.25) is 0 Å². The van der Waals surface area contributed by atoms with E-state index in [-0.39, 0.29) is 18.4 Å². The molecule has 0 aliphatic carbocycles. The lowest BCUT2D eigenvalue weighted by atomic mass is 10.1. The molecule has 0 spiro atoms. The Morgan fingerprint density at radius 2 is 2.11 bits per heavy atom.